The van der Waals surface area contributed by atoms with Crippen LogP contribution in [0.1, 0.15) is 11.1 Å². The van der Waals surface area contributed by atoms with Crippen LogP contribution in [0.25, 0.3) is 0 Å². The number of amidine groups is 2. The predicted molar refractivity (Wildman–Crippen MR) is 107 cm³/mol. The van der Waals surface area contributed by atoms with Gasteiger partial charge in [-0.05, 0) is 42.5 Å². The second-order valence-electron chi connectivity index (χ2n) is 5.78. The third-order valence-electron chi connectivity index (χ3n) is 4.05. The minimum Gasteiger partial charge on any atom is -0.497 e. The molecule has 1 heterocycles. The van der Waals surface area contributed by atoms with Crippen molar-refractivity contribution in [3.8, 4) is 5.75 Å². The van der Waals surface area contributed by atoms with Gasteiger partial charge in [-0.25, -0.2) is 9.98 Å². The van der Waals surface area contributed by atoms with E-state index >= 15 is 0 Å². The normalized spacial score (nSPS) is 13.0. The SMILES string of the molecule is COc1ccc(C2=Nc3ccc(Cl)cc3NC(c3ccccc3)=N2)cc1. The van der Waals surface area contributed by atoms with Crippen molar-refractivity contribution in [3.63, 3.8) is 0 Å². The number of benzene rings is 3. The first kappa shape index (κ1) is 16.4. The van der Waals surface area contributed by atoms with Crippen molar-refractivity contribution in [1.82, 2.24) is 0 Å². The highest BCUT2D eigenvalue weighted by Gasteiger charge is 2.15. The fraction of sp³-hybridized carbons (Fsp3) is 0.0476. The van der Waals surface area contributed by atoms with Gasteiger partial charge in [-0.2, -0.15) is 0 Å². The summed E-state index contributed by atoms with van der Waals surface area (Å²) < 4.78 is 5.24. The van der Waals surface area contributed by atoms with Crippen LogP contribution < -0.4 is 10.1 Å². The number of nitrogens with one attached hydrogen (secondary N) is 1. The Kier molecular flexibility index (Phi) is 4.42. The second-order valence-corrected chi connectivity index (χ2v) is 6.21. The Bertz CT molecular complexity index is 996. The van der Waals surface area contributed by atoms with Crippen LogP contribution in [0.3, 0.4) is 0 Å². The van der Waals surface area contributed by atoms with Gasteiger partial charge in [-0.15, -0.1) is 0 Å². The Morgan fingerprint density at radius 3 is 2.35 bits per heavy atom. The summed E-state index contributed by atoms with van der Waals surface area (Å²) in [4.78, 5) is 9.54. The molecule has 0 aromatic heterocycles. The molecule has 0 aliphatic carbocycles. The Balaban J connectivity index is 1.86. The van der Waals surface area contributed by atoms with Crippen LogP contribution in [-0.2, 0) is 0 Å². The van der Waals surface area contributed by atoms with Crippen LogP contribution >= 0.6 is 11.6 Å². The Morgan fingerprint density at radius 1 is 0.846 bits per heavy atom. The van der Waals surface area contributed by atoms with Crippen LogP contribution in [0, 0.1) is 0 Å². The van der Waals surface area contributed by atoms with Crippen LogP contribution in [0.5, 0.6) is 5.75 Å². The lowest BCUT2D eigenvalue weighted by atomic mass is 10.2. The minimum atomic E-state index is 0.625. The van der Waals surface area contributed by atoms with Gasteiger partial charge in [0.2, 0.25) is 0 Å². The van der Waals surface area contributed by atoms with Gasteiger partial charge in [0.25, 0.3) is 0 Å². The molecule has 5 heteroatoms. The van der Waals surface area contributed by atoms with Gasteiger partial charge < -0.3 is 10.1 Å². The molecule has 3 aromatic carbocycles. The summed E-state index contributed by atoms with van der Waals surface area (Å²) in [5.74, 6) is 2.14. The summed E-state index contributed by atoms with van der Waals surface area (Å²) in [5, 5.41) is 4.01. The topological polar surface area (TPSA) is 46.0 Å². The first-order valence-corrected chi connectivity index (χ1v) is 8.54. The van der Waals surface area contributed by atoms with Gasteiger partial charge in [0.05, 0.1) is 18.5 Å². The molecule has 128 valence electrons. The molecule has 0 fully saturated rings. The largest absolute Gasteiger partial charge is 0.497 e. The maximum absolute atomic E-state index is 6.17. The molecule has 0 unspecified atom stereocenters. The number of halogens is 1. The lowest BCUT2D eigenvalue weighted by Gasteiger charge is -2.10. The Morgan fingerprint density at radius 2 is 1.62 bits per heavy atom. The zero-order valence-corrected chi connectivity index (χ0v) is 14.9. The number of rotatable bonds is 3. The smallest absolute Gasteiger partial charge is 0.162 e. The molecule has 0 amide bonds. The first-order valence-electron chi connectivity index (χ1n) is 8.17. The number of nitrogens with zero attached hydrogens (tertiary/aromatic N) is 2. The van der Waals surface area contributed by atoms with Crippen molar-refractivity contribution in [3.05, 3.63) is 88.9 Å². The molecule has 26 heavy (non-hydrogen) atoms. The number of anilines is 1. The molecule has 1 aliphatic heterocycles. The number of fused-ring (bicyclic) bond motifs is 1. The molecule has 3 aromatic rings. The Labute approximate surface area is 156 Å². The van der Waals surface area contributed by atoms with Crippen LogP contribution in [-0.4, -0.2) is 18.8 Å². The molecule has 0 saturated carbocycles. The van der Waals surface area contributed by atoms with Crippen LogP contribution in [0.2, 0.25) is 5.02 Å². The Hall–Kier alpha value is -3.11. The lowest BCUT2D eigenvalue weighted by Crippen LogP contribution is -2.14. The maximum atomic E-state index is 6.17. The predicted octanol–water partition coefficient (Wildman–Crippen LogP) is 5.30. The van der Waals surface area contributed by atoms with Gasteiger partial charge in [-0.1, -0.05) is 41.9 Å². The summed E-state index contributed by atoms with van der Waals surface area (Å²) in [6, 6.07) is 23.2. The molecule has 0 spiro atoms. The van der Waals surface area contributed by atoms with Crippen LogP contribution in [0.4, 0.5) is 11.4 Å². The van der Waals surface area contributed by atoms with Crippen molar-refractivity contribution in [1.29, 1.82) is 0 Å². The molecular weight excluding hydrogens is 346 g/mol. The molecular formula is C21H16ClN3O. The summed E-state index contributed by atoms with van der Waals surface area (Å²) in [5.41, 5.74) is 3.49. The van der Waals surface area contributed by atoms with Gasteiger partial charge in [-0.3, -0.25) is 0 Å². The minimum absolute atomic E-state index is 0.625. The van der Waals surface area contributed by atoms with Crippen molar-refractivity contribution < 1.29 is 4.74 Å². The third-order valence-corrected chi connectivity index (χ3v) is 4.29. The lowest BCUT2D eigenvalue weighted by molar-refractivity contribution is 0.415. The molecule has 4 nitrogen and oxygen atoms in total. The van der Waals surface area contributed by atoms with E-state index in [2.05, 4.69) is 5.32 Å². The summed E-state index contributed by atoms with van der Waals surface area (Å²) >= 11 is 6.17. The maximum Gasteiger partial charge on any atom is 0.162 e. The summed E-state index contributed by atoms with van der Waals surface area (Å²) in [6.45, 7) is 0. The fourth-order valence-electron chi connectivity index (χ4n) is 2.71. The van der Waals surface area contributed by atoms with Gasteiger partial charge >= 0.3 is 0 Å². The van der Waals surface area contributed by atoms with E-state index in [4.69, 9.17) is 26.3 Å². The zero-order chi connectivity index (χ0) is 17.9. The van der Waals surface area contributed by atoms with Gasteiger partial charge in [0.15, 0.2) is 5.84 Å². The fourth-order valence-corrected chi connectivity index (χ4v) is 2.88. The molecule has 1 aliphatic rings. The monoisotopic (exact) mass is 361 g/mol. The van der Waals surface area contributed by atoms with E-state index in [1.807, 2.05) is 72.8 Å². The quantitative estimate of drug-likeness (QED) is 0.688. The molecule has 0 radical (unpaired) electrons. The standard InChI is InChI=1S/C21H16ClN3O/c1-26-17-10-7-15(8-11-17)21-23-18-12-9-16(22)13-19(18)24-20(25-21)14-5-3-2-4-6-14/h2-13H,1H3,(H,23,24,25). The zero-order valence-electron chi connectivity index (χ0n) is 14.1. The number of hydrogen-bond acceptors (Lipinski definition) is 4. The van der Waals surface area contributed by atoms with E-state index in [1.54, 1.807) is 7.11 Å². The molecule has 1 N–H and O–H groups in total. The number of methoxy groups -OCH3 is 1. The second kappa shape index (κ2) is 7.02. The number of hydrogen-bond donors (Lipinski definition) is 1. The number of ether oxygens (including phenoxy) is 1. The molecule has 0 atom stereocenters. The van der Waals surface area contributed by atoms with E-state index in [-0.39, 0.29) is 0 Å². The van der Waals surface area contributed by atoms with Crippen molar-refractivity contribution >= 4 is 34.6 Å². The highest BCUT2D eigenvalue weighted by molar-refractivity contribution is 6.31. The van der Waals surface area contributed by atoms with Crippen LogP contribution in [0.15, 0.2) is 82.8 Å². The van der Waals surface area contributed by atoms with Gasteiger partial charge in [0, 0.05) is 16.1 Å². The highest BCUT2D eigenvalue weighted by atomic mass is 35.5. The molecule has 0 bridgehead atoms. The van der Waals surface area contributed by atoms with E-state index < -0.39 is 0 Å². The van der Waals surface area contributed by atoms with Crippen molar-refractivity contribution in [2.24, 2.45) is 9.98 Å². The average molecular weight is 362 g/mol. The third kappa shape index (κ3) is 3.32. The highest BCUT2D eigenvalue weighted by Crippen LogP contribution is 2.31. The van der Waals surface area contributed by atoms with E-state index in [0.717, 1.165) is 34.1 Å². The molecule has 0 saturated heterocycles. The van der Waals surface area contributed by atoms with E-state index in [9.17, 15) is 0 Å². The summed E-state index contributed by atoms with van der Waals surface area (Å²) in [7, 11) is 1.65. The van der Waals surface area contributed by atoms with E-state index in [1.165, 1.54) is 0 Å². The van der Waals surface area contributed by atoms with E-state index in [0.29, 0.717) is 10.9 Å². The number of aliphatic imine (C=N–C) groups is 2. The average Bonchev–Trinajstić information content (AvgIpc) is 2.88. The van der Waals surface area contributed by atoms with Crippen molar-refractivity contribution in [2.75, 3.05) is 12.4 Å². The molecule has 4 rings (SSSR count). The first-order chi connectivity index (χ1) is 12.7. The van der Waals surface area contributed by atoms with Crippen molar-refractivity contribution in [2.45, 2.75) is 0 Å². The van der Waals surface area contributed by atoms with Gasteiger partial charge in [0.1, 0.15) is 11.6 Å². The summed E-state index contributed by atoms with van der Waals surface area (Å²) in [6.07, 6.45) is 0.